The van der Waals surface area contributed by atoms with E-state index in [9.17, 15) is 5.11 Å². The van der Waals surface area contributed by atoms with E-state index in [1.54, 1.807) is 6.92 Å². The highest BCUT2D eigenvalue weighted by atomic mass is 16.7. The zero-order valence-corrected chi connectivity index (χ0v) is 7.62. The smallest absolute Gasteiger partial charge is 0.158 e. The Bertz CT molecular complexity index is 217. The standard InChI is InChI=1S/C7H13N3O3/c1-4-7(11)5(9-10-8)3-6(12-2)13-4/h4-7,11H,3H2,1-2H3/t4-,5-,6+,7-/m1/s1. The molecule has 0 aromatic carbocycles. The minimum atomic E-state index is -0.748. The first-order valence-corrected chi connectivity index (χ1v) is 4.09. The predicted molar refractivity (Wildman–Crippen MR) is 44.9 cm³/mol. The molecule has 0 aromatic heterocycles. The molecule has 0 aliphatic carbocycles. The summed E-state index contributed by atoms with van der Waals surface area (Å²) >= 11 is 0. The average molecular weight is 187 g/mol. The fraction of sp³-hybridized carbons (Fsp3) is 1.00. The van der Waals surface area contributed by atoms with Gasteiger partial charge in [-0.1, -0.05) is 5.11 Å². The SMILES string of the molecule is CO[C@@H]1C[C@@H](N=[N+]=[N-])[C@H](O)[C@@H](C)O1. The summed E-state index contributed by atoms with van der Waals surface area (Å²) in [5.74, 6) is 0. The molecule has 0 radical (unpaired) electrons. The van der Waals surface area contributed by atoms with Gasteiger partial charge in [-0.15, -0.1) is 0 Å². The molecule has 1 rings (SSSR count). The van der Waals surface area contributed by atoms with Gasteiger partial charge in [0.25, 0.3) is 0 Å². The van der Waals surface area contributed by atoms with Crippen LogP contribution < -0.4 is 0 Å². The van der Waals surface area contributed by atoms with Crippen LogP contribution in [0.15, 0.2) is 5.11 Å². The lowest BCUT2D eigenvalue weighted by Crippen LogP contribution is -2.46. The van der Waals surface area contributed by atoms with Crippen molar-refractivity contribution in [3.8, 4) is 0 Å². The van der Waals surface area contributed by atoms with Crippen molar-refractivity contribution < 1.29 is 14.6 Å². The lowest BCUT2D eigenvalue weighted by Gasteiger charge is -2.34. The first-order valence-electron chi connectivity index (χ1n) is 4.09. The highest BCUT2D eigenvalue weighted by molar-refractivity contribution is 4.85. The van der Waals surface area contributed by atoms with Crippen molar-refractivity contribution in [1.82, 2.24) is 0 Å². The van der Waals surface area contributed by atoms with Crippen LogP contribution in [0.25, 0.3) is 10.4 Å². The van der Waals surface area contributed by atoms with E-state index >= 15 is 0 Å². The van der Waals surface area contributed by atoms with Crippen molar-refractivity contribution in [2.24, 2.45) is 5.11 Å². The number of azide groups is 1. The molecule has 6 heteroatoms. The molecule has 0 spiro atoms. The van der Waals surface area contributed by atoms with Crippen molar-refractivity contribution in [2.45, 2.75) is 37.9 Å². The lowest BCUT2D eigenvalue weighted by molar-refractivity contribution is -0.211. The third-order valence-electron chi connectivity index (χ3n) is 2.14. The molecule has 1 fully saturated rings. The van der Waals surface area contributed by atoms with E-state index in [4.69, 9.17) is 15.0 Å². The largest absolute Gasteiger partial charge is 0.390 e. The minimum Gasteiger partial charge on any atom is -0.390 e. The summed E-state index contributed by atoms with van der Waals surface area (Å²) in [5.41, 5.74) is 8.25. The van der Waals surface area contributed by atoms with Crippen molar-refractivity contribution in [3.63, 3.8) is 0 Å². The van der Waals surface area contributed by atoms with E-state index < -0.39 is 18.4 Å². The van der Waals surface area contributed by atoms with Crippen molar-refractivity contribution in [1.29, 1.82) is 0 Å². The van der Waals surface area contributed by atoms with Crippen LogP contribution in [-0.4, -0.2) is 36.8 Å². The molecular weight excluding hydrogens is 174 g/mol. The number of hydrogen-bond acceptors (Lipinski definition) is 4. The normalized spacial score (nSPS) is 39.6. The Balaban J connectivity index is 2.65. The first-order chi connectivity index (χ1) is 6.19. The van der Waals surface area contributed by atoms with Crippen LogP contribution >= 0.6 is 0 Å². The molecule has 13 heavy (non-hydrogen) atoms. The Morgan fingerprint density at radius 2 is 2.38 bits per heavy atom. The number of hydrogen-bond donors (Lipinski definition) is 1. The van der Waals surface area contributed by atoms with Gasteiger partial charge < -0.3 is 14.6 Å². The molecule has 0 aromatic rings. The fourth-order valence-electron chi connectivity index (χ4n) is 1.36. The van der Waals surface area contributed by atoms with Gasteiger partial charge in [-0.3, -0.25) is 0 Å². The van der Waals surface area contributed by atoms with Crippen molar-refractivity contribution in [3.05, 3.63) is 10.4 Å². The molecule has 1 aliphatic heterocycles. The molecule has 1 heterocycles. The van der Waals surface area contributed by atoms with E-state index in [0.717, 1.165) is 0 Å². The van der Waals surface area contributed by atoms with Gasteiger partial charge in [-0.05, 0) is 12.5 Å². The van der Waals surface area contributed by atoms with Gasteiger partial charge in [0.05, 0.1) is 18.2 Å². The molecule has 4 atom stereocenters. The van der Waals surface area contributed by atoms with Crippen LogP contribution in [0, 0.1) is 0 Å². The third-order valence-corrected chi connectivity index (χ3v) is 2.14. The Kier molecular flexibility index (Phi) is 3.50. The van der Waals surface area contributed by atoms with E-state index in [2.05, 4.69) is 10.0 Å². The summed E-state index contributed by atoms with van der Waals surface area (Å²) in [6.07, 6.45) is -1.11. The van der Waals surface area contributed by atoms with Crippen molar-refractivity contribution >= 4 is 0 Å². The molecule has 0 unspecified atom stereocenters. The summed E-state index contributed by atoms with van der Waals surface area (Å²) in [6, 6.07) is -0.460. The third kappa shape index (κ3) is 2.32. The predicted octanol–water partition coefficient (Wildman–Crippen LogP) is 0.807. The summed E-state index contributed by atoms with van der Waals surface area (Å²) in [6.45, 7) is 1.72. The average Bonchev–Trinajstić information content (AvgIpc) is 2.13. The Morgan fingerprint density at radius 3 is 2.92 bits per heavy atom. The second kappa shape index (κ2) is 4.43. The van der Waals surface area contributed by atoms with Gasteiger partial charge in [-0.2, -0.15) is 0 Å². The Labute approximate surface area is 76.1 Å². The lowest BCUT2D eigenvalue weighted by atomic mass is 10.0. The second-order valence-corrected chi connectivity index (χ2v) is 3.01. The minimum absolute atomic E-state index is 0.366. The summed E-state index contributed by atoms with van der Waals surface area (Å²) in [5, 5.41) is 13.0. The zero-order chi connectivity index (χ0) is 9.84. The van der Waals surface area contributed by atoms with E-state index in [1.165, 1.54) is 7.11 Å². The molecule has 0 saturated carbocycles. The highest BCUT2D eigenvalue weighted by Crippen LogP contribution is 2.22. The molecular formula is C7H13N3O3. The zero-order valence-electron chi connectivity index (χ0n) is 7.62. The van der Waals surface area contributed by atoms with Crippen LogP contribution in [0.5, 0.6) is 0 Å². The Hall–Kier alpha value is -0.810. The first kappa shape index (κ1) is 10.3. The second-order valence-electron chi connectivity index (χ2n) is 3.01. The maximum absolute atomic E-state index is 9.54. The molecule has 1 aliphatic rings. The van der Waals surface area contributed by atoms with Gasteiger partial charge in [0.2, 0.25) is 0 Å². The maximum atomic E-state index is 9.54. The summed E-state index contributed by atoms with van der Waals surface area (Å²) in [7, 11) is 1.52. The van der Waals surface area contributed by atoms with E-state index in [1.807, 2.05) is 0 Å². The van der Waals surface area contributed by atoms with Crippen molar-refractivity contribution in [2.75, 3.05) is 7.11 Å². The summed E-state index contributed by atoms with van der Waals surface area (Å²) in [4.78, 5) is 2.67. The molecule has 1 saturated heterocycles. The monoisotopic (exact) mass is 187 g/mol. The van der Waals surface area contributed by atoms with Crippen LogP contribution in [0.3, 0.4) is 0 Å². The maximum Gasteiger partial charge on any atom is 0.158 e. The molecule has 1 N–H and O–H groups in total. The van der Waals surface area contributed by atoms with Crippen LogP contribution in [0.4, 0.5) is 0 Å². The number of ether oxygens (including phenoxy) is 2. The van der Waals surface area contributed by atoms with E-state index in [0.29, 0.717) is 6.42 Å². The number of methoxy groups -OCH3 is 1. The molecule has 74 valence electrons. The highest BCUT2D eigenvalue weighted by Gasteiger charge is 2.34. The van der Waals surface area contributed by atoms with E-state index in [-0.39, 0.29) is 6.10 Å². The number of rotatable bonds is 2. The molecule has 0 amide bonds. The van der Waals surface area contributed by atoms with Gasteiger partial charge in [0, 0.05) is 18.4 Å². The number of nitrogens with zero attached hydrogens (tertiary/aromatic N) is 3. The molecule has 6 nitrogen and oxygen atoms in total. The van der Waals surface area contributed by atoms with Crippen LogP contribution in [-0.2, 0) is 9.47 Å². The van der Waals surface area contributed by atoms with Gasteiger partial charge in [0.1, 0.15) is 0 Å². The number of aliphatic hydroxyl groups is 1. The van der Waals surface area contributed by atoms with Gasteiger partial charge in [-0.25, -0.2) is 0 Å². The number of aliphatic hydroxyl groups excluding tert-OH is 1. The fourth-order valence-corrected chi connectivity index (χ4v) is 1.36. The topological polar surface area (TPSA) is 87.5 Å². The van der Waals surface area contributed by atoms with Crippen LogP contribution in [0.2, 0.25) is 0 Å². The quantitative estimate of drug-likeness (QED) is 0.394. The van der Waals surface area contributed by atoms with Gasteiger partial charge in [0.15, 0.2) is 6.29 Å². The van der Waals surface area contributed by atoms with Gasteiger partial charge >= 0.3 is 0 Å². The van der Waals surface area contributed by atoms with Crippen LogP contribution in [0.1, 0.15) is 13.3 Å². The molecule has 0 bridgehead atoms. The Morgan fingerprint density at radius 1 is 1.69 bits per heavy atom. The summed E-state index contributed by atoms with van der Waals surface area (Å²) < 4.78 is 10.2.